The molecule has 106 valence electrons. The van der Waals surface area contributed by atoms with E-state index in [2.05, 4.69) is 20.5 Å². The number of hydrogen-bond donors (Lipinski definition) is 1. The standard InChI is InChI=1S/C15H20N4S/c1-2-4-8-12(9-5-3-1)17-15-19-18-14(20-15)13-10-6-7-11-16-13/h6-7,10-12H,1-5,8-9H2,(H,17,19). The van der Waals surface area contributed by atoms with E-state index in [1.54, 1.807) is 17.5 Å². The Morgan fingerprint density at radius 2 is 1.80 bits per heavy atom. The first-order chi connectivity index (χ1) is 9.92. The maximum atomic E-state index is 4.32. The maximum absolute atomic E-state index is 4.32. The Morgan fingerprint density at radius 3 is 2.55 bits per heavy atom. The van der Waals surface area contributed by atoms with Gasteiger partial charge in [0, 0.05) is 12.2 Å². The smallest absolute Gasteiger partial charge is 0.206 e. The largest absolute Gasteiger partial charge is 0.357 e. The van der Waals surface area contributed by atoms with Gasteiger partial charge in [0.15, 0.2) is 5.01 Å². The zero-order chi connectivity index (χ0) is 13.6. The van der Waals surface area contributed by atoms with Crippen molar-refractivity contribution in [3.05, 3.63) is 24.4 Å². The Bertz CT molecular complexity index is 518. The van der Waals surface area contributed by atoms with Crippen LogP contribution in [0.5, 0.6) is 0 Å². The van der Waals surface area contributed by atoms with E-state index in [0.29, 0.717) is 6.04 Å². The average Bonchev–Trinajstić information content (AvgIpc) is 2.91. The average molecular weight is 288 g/mol. The van der Waals surface area contributed by atoms with E-state index in [-0.39, 0.29) is 0 Å². The minimum absolute atomic E-state index is 0.555. The third-order valence-electron chi connectivity index (χ3n) is 3.74. The zero-order valence-electron chi connectivity index (χ0n) is 11.6. The molecule has 0 aliphatic heterocycles. The number of nitrogens with zero attached hydrogens (tertiary/aromatic N) is 3. The Labute approximate surface area is 123 Å². The fourth-order valence-electron chi connectivity index (χ4n) is 2.65. The Balaban J connectivity index is 1.64. The maximum Gasteiger partial charge on any atom is 0.206 e. The van der Waals surface area contributed by atoms with Crippen LogP contribution in [0, 0.1) is 0 Å². The molecule has 1 fully saturated rings. The van der Waals surface area contributed by atoms with Crippen molar-refractivity contribution in [2.24, 2.45) is 0 Å². The number of nitrogens with one attached hydrogen (secondary N) is 1. The molecule has 0 bridgehead atoms. The van der Waals surface area contributed by atoms with Crippen LogP contribution in [0.3, 0.4) is 0 Å². The van der Waals surface area contributed by atoms with Crippen LogP contribution in [-0.4, -0.2) is 21.2 Å². The van der Waals surface area contributed by atoms with Crippen LogP contribution in [0.25, 0.3) is 10.7 Å². The van der Waals surface area contributed by atoms with Crippen LogP contribution in [0.2, 0.25) is 0 Å². The van der Waals surface area contributed by atoms with Gasteiger partial charge in [-0.2, -0.15) is 0 Å². The molecule has 1 aliphatic rings. The van der Waals surface area contributed by atoms with Crippen LogP contribution in [0.15, 0.2) is 24.4 Å². The summed E-state index contributed by atoms with van der Waals surface area (Å²) in [6, 6.07) is 6.42. The lowest BCUT2D eigenvalue weighted by Gasteiger charge is -2.20. The molecule has 2 heterocycles. The Morgan fingerprint density at radius 1 is 1.00 bits per heavy atom. The molecule has 1 aliphatic carbocycles. The lowest BCUT2D eigenvalue weighted by Crippen LogP contribution is -2.20. The lowest BCUT2D eigenvalue weighted by molar-refractivity contribution is 0.471. The van der Waals surface area contributed by atoms with Crippen molar-refractivity contribution in [1.29, 1.82) is 0 Å². The number of aromatic nitrogens is 3. The van der Waals surface area contributed by atoms with E-state index in [4.69, 9.17) is 0 Å². The predicted molar refractivity (Wildman–Crippen MR) is 82.9 cm³/mol. The first kappa shape index (κ1) is 13.5. The second-order valence-corrected chi connectivity index (χ2v) is 6.29. The molecule has 0 radical (unpaired) electrons. The Kier molecular flexibility index (Phi) is 4.58. The van der Waals surface area contributed by atoms with Crippen molar-refractivity contribution in [3.8, 4) is 10.7 Å². The van der Waals surface area contributed by atoms with Gasteiger partial charge in [0.1, 0.15) is 5.69 Å². The summed E-state index contributed by atoms with van der Waals surface area (Å²) in [7, 11) is 0. The SMILES string of the molecule is c1ccc(-c2nnc(NC3CCCCCCC3)s2)nc1. The van der Waals surface area contributed by atoms with Gasteiger partial charge < -0.3 is 5.32 Å². The number of anilines is 1. The molecular formula is C15H20N4S. The molecule has 1 N–H and O–H groups in total. The van der Waals surface area contributed by atoms with E-state index in [1.807, 2.05) is 18.2 Å². The van der Waals surface area contributed by atoms with Gasteiger partial charge in [0.25, 0.3) is 0 Å². The molecule has 3 rings (SSSR count). The fourth-order valence-corrected chi connectivity index (χ4v) is 3.45. The zero-order valence-corrected chi connectivity index (χ0v) is 12.4. The minimum Gasteiger partial charge on any atom is -0.357 e. The highest BCUT2D eigenvalue weighted by Crippen LogP contribution is 2.27. The predicted octanol–water partition coefficient (Wildman–Crippen LogP) is 4.12. The summed E-state index contributed by atoms with van der Waals surface area (Å²) in [5.41, 5.74) is 0.899. The molecule has 0 aromatic carbocycles. The highest BCUT2D eigenvalue weighted by atomic mass is 32.1. The van der Waals surface area contributed by atoms with Crippen LogP contribution in [-0.2, 0) is 0 Å². The minimum atomic E-state index is 0.555. The van der Waals surface area contributed by atoms with Gasteiger partial charge in [-0.1, -0.05) is 49.5 Å². The second kappa shape index (κ2) is 6.79. The summed E-state index contributed by atoms with van der Waals surface area (Å²) in [5.74, 6) is 0. The summed E-state index contributed by atoms with van der Waals surface area (Å²) in [6.45, 7) is 0. The number of pyridine rings is 1. The van der Waals surface area contributed by atoms with Gasteiger partial charge in [-0.15, -0.1) is 10.2 Å². The van der Waals surface area contributed by atoms with Crippen molar-refractivity contribution in [1.82, 2.24) is 15.2 Å². The van der Waals surface area contributed by atoms with Gasteiger partial charge in [0.2, 0.25) is 5.13 Å². The van der Waals surface area contributed by atoms with Crippen molar-refractivity contribution in [2.45, 2.75) is 51.0 Å². The molecule has 0 saturated heterocycles. The van der Waals surface area contributed by atoms with Crippen molar-refractivity contribution >= 4 is 16.5 Å². The van der Waals surface area contributed by atoms with Crippen LogP contribution >= 0.6 is 11.3 Å². The number of rotatable bonds is 3. The van der Waals surface area contributed by atoms with Gasteiger partial charge >= 0.3 is 0 Å². The molecule has 1 saturated carbocycles. The summed E-state index contributed by atoms with van der Waals surface area (Å²) < 4.78 is 0. The van der Waals surface area contributed by atoms with Crippen molar-refractivity contribution < 1.29 is 0 Å². The van der Waals surface area contributed by atoms with E-state index < -0.39 is 0 Å². The molecule has 0 amide bonds. The summed E-state index contributed by atoms with van der Waals surface area (Å²) in [4.78, 5) is 4.32. The van der Waals surface area contributed by atoms with Gasteiger partial charge in [-0.05, 0) is 25.0 Å². The van der Waals surface area contributed by atoms with Gasteiger partial charge in [0.05, 0.1) is 0 Å². The Hall–Kier alpha value is -1.49. The first-order valence-corrected chi connectivity index (χ1v) is 8.25. The third-order valence-corrected chi connectivity index (χ3v) is 4.62. The van der Waals surface area contributed by atoms with Crippen LogP contribution in [0.4, 0.5) is 5.13 Å². The van der Waals surface area contributed by atoms with Gasteiger partial charge in [-0.3, -0.25) is 4.98 Å². The number of hydrogen-bond acceptors (Lipinski definition) is 5. The molecule has 2 aromatic heterocycles. The van der Waals surface area contributed by atoms with E-state index in [1.165, 1.54) is 44.9 Å². The molecule has 20 heavy (non-hydrogen) atoms. The van der Waals surface area contributed by atoms with Crippen LogP contribution < -0.4 is 5.32 Å². The van der Waals surface area contributed by atoms with Gasteiger partial charge in [-0.25, -0.2) is 0 Å². The van der Waals surface area contributed by atoms with E-state index in [0.717, 1.165) is 15.8 Å². The molecule has 0 unspecified atom stereocenters. The molecule has 0 spiro atoms. The molecular weight excluding hydrogens is 268 g/mol. The second-order valence-electron chi connectivity index (χ2n) is 5.31. The quantitative estimate of drug-likeness (QED) is 0.922. The van der Waals surface area contributed by atoms with Crippen LogP contribution in [0.1, 0.15) is 44.9 Å². The molecule has 5 heteroatoms. The normalized spacial score (nSPS) is 17.4. The van der Waals surface area contributed by atoms with Crippen molar-refractivity contribution in [2.75, 3.05) is 5.32 Å². The lowest BCUT2D eigenvalue weighted by atomic mass is 9.97. The van der Waals surface area contributed by atoms with E-state index >= 15 is 0 Å². The summed E-state index contributed by atoms with van der Waals surface area (Å²) in [5, 5.41) is 13.9. The molecule has 0 atom stereocenters. The first-order valence-electron chi connectivity index (χ1n) is 7.43. The summed E-state index contributed by atoms with van der Waals surface area (Å²) in [6.07, 6.45) is 11.1. The topological polar surface area (TPSA) is 50.7 Å². The highest BCUT2D eigenvalue weighted by molar-refractivity contribution is 7.18. The van der Waals surface area contributed by atoms with Crippen molar-refractivity contribution in [3.63, 3.8) is 0 Å². The fraction of sp³-hybridized carbons (Fsp3) is 0.533. The molecule has 4 nitrogen and oxygen atoms in total. The third kappa shape index (κ3) is 3.54. The summed E-state index contributed by atoms with van der Waals surface area (Å²) >= 11 is 1.60. The highest BCUT2D eigenvalue weighted by Gasteiger charge is 2.14. The monoisotopic (exact) mass is 288 g/mol. The van der Waals surface area contributed by atoms with E-state index in [9.17, 15) is 0 Å². The molecule has 2 aromatic rings.